The maximum Gasteiger partial charge on any atom is 0.105 e. The monoisotopic (exact) mass is 266 g/mol. The molecule has 0 atom stereocenters. The molecule has 0 amide bonds. The lowest BCUT2D eigenvalue weighted by Gasteiger charge is -2.38. The average Bonchev–Trinajstić information content (AvgIpc) is 2.86. The van der Waals surface area contributed by atoms with Crippen molar-refractivity contribution < 1.29 is 4.74 Å². The number of aryl methyl sites for hydroxylation is 1. The summed E-state index contributed by atoms with van der Waals surface area (Å²) in [6, 6.07) is 2.13. The number of hydrogen-bond acceptors (Lipinski definition) is 5. The van der Waals surface area contributed by atoms with Gasteiger partial charge in [-0.15, -0.1) is 22.7 Å². The van der Waals surface area contributed by atoms with Crippen LogP contribution in [0.1, 0.15) is 10.6 Å². The van der Waals surface area contributed by atoms with E-state index in [0.29, 0.717) is 19.8 Å². The number of hydrogen-bond donors (Lipinski definition) is 1. The number of rotatable bonds is 3. The number of thiazole rings is 1. The van der Waals surface area contributed by atoms with Crippen molar-refractivity contribution in [2.45, 2.75) is 12.3 Å². The zero-order chi connectivity index (χ0) is 11.9. The van der Waals surface area contributed by atoms with E-state index in [1.54, 1.807) is 22.7 Å². The van der Waals surface area contributed by atoms with E-state index in [9.17, 15) is 0 Å². The summed E-state index contributed by atoms with van der Waals surface area (Å²) < 4.78 is 5.30. The van der Waals surface area contributed by atoms with Gasteiger partial charge in [0.25, 0.3) is 0 Å². The third-order valence-electron chi connectivity index (χ3n) is 3.20. The normalized spacial score (nSPS) is 18.0. The van der Waals surface area contributed by atoms with E-state index in [1.165, 1.54) is 10.4 Å². The Morgan fingerprint density at radius 3 is 2.82 bits per heavy atom. The van der Waals surface area contributed by atoms with Crippen molar-refractivity contribution >= 4 is 22.7 Å². The third kappa shape index (κ3) is 1.74. The van der Waals surface area contributed by atoms with Gasteiger partial charge in [-0.25, -0.2) is 4.98 Å². The van der Waals surface area contributed by atoms with Crippen molar-refractivity contribution in [3.63, 3.8) is 0 Å². The summed E-state index contributed by atoms with van der Waals surface area (Å²) >= 11 is 3.44. The summed E-state index contributed by atoms with van der Waals surface area (Å²) in [5, 5.41) is 5.35. The first kappa shape index (κ1) is 11.3. The lowest BCUT2D eigenvalue weighted by atomic mass is 9.87. The van der Waals surface area contributed by atoms with Crippen molar-refractivity contribution in [2.24, 2.45) is 5.73 Å². The molecule has 0 aliphatic carbocycles. The second-order valence-electron chi connectivity index (χ2n) is 4.45. The largest absolute Gasteiger partial charge is 0.379 e. The quantitative estimate of drug-likeness (QED) is 0.928. The molecular formula is C12H14N2OS2. The summed E-state index contributed by atoms with van der Waals surface area (Å²) in [5.74, 6) is 0. The molecule has 17 heavy (non-hydrogen) atoms. The summed E-state index contributed by atoms with van der Waals surface area (Å²) in [4.78, 5) is 6.01. The maximum atomic E-state index is 5.85. The number of nitrogens with zero attached hydrogens (tertiary/aromatic N) is 1. The molecule has 0 bridgehead atoms. The van der Waals surface area contributed by atoms with Gasteiger partial charge in [-0.05, 0) is 23.9 Å². The minimum atomic E-state index is -0.0198. The fourth-order valence-electron chi connectivity index (χ4n) is 1.93. The summed E-state index contributed by atoms with van der Waals surface area (Å²) in [6.07, 6.45) is 0. The van der Waals surface area contributed by atoms with Crippen LogP contribution in [0.4, 0.5) is 0 Å². The van der Waals surface area contributed by atoms with Crippen molar-refractivity contribution in [3.8, 4) is 10.6 Å². The Balaban J connectivity index is 1.96. The molecule has 3 nitrogen and oxygen atoms in total. The first-order valence-electron chi connectivity index (χ1n) is 5.53. The van der Waals surface area contributed by atoms with Gasteiger partial charge < -0.3 is 10.5 Å². The Hall–Kier alpha value is -0.750. The first-order valence-corrected chi connectivity index (χ1v) is 7.29. The van der Waals surface area contributed by atoms with E-state index < -0.39 is 0 Å². The molecule has 0 unspecified atom stereocenters. The lowest BCUT2D eigenvalue weighted by Crippen LogP contribution is -2.52. The fourth-order valence-corrected chi connectivity index (χ4v) is 3.89. The SMILES string of the molecule is Cc1ccsc1-c1csc(C2(CN)COC2)n1. The highest BCUT2D eigenvalue weighted by molar-refractivity contribution is 7.14. The third-order valence-corrected chi connectivity index (χ3v) is 5.33. The predicted octanol–water partition coefficient (Wildman–Crippen LogP) is 2.41. The zero-order valence-electron chi connectivity index (χ0n) is 9.60. The first-order chi connectivity index (χ1) is 8.25. The van der Waals surface area contributed by atoms with Gasteiger partial charge in [0.15, 0.2) is 0 Å². The average molecular weight is 266 g/mol. The second-order valence-corrected chi connectivity index (χ2v) is 6.22. The Morgan fingerprint density at radius 2 is 2.29 bits per heavy atom. The molecule has 1 saturated heterocycles. The molecule has 2 aromatic heterocycles. The van der Waals surface area contributed by atoms with E-state index in [0.717, 1.165) is 10.7 Å². The van der Waals surface area contributed by atoms with Crippen LogP contribution in [-0.4, -0.2) is 24.7 Å². The van der Waals surface area contributed by atoms with Gasteiger partial charge in [0.2, 0.25) is 0 Å². The number of thiophene rings is 1. The zero-order valence-corrected chi connectivity index (χ0v) is 11.2. The number of ether oxygens (including phenoxy) is 1. The summed E-state index contributed by atoms with van der Waals surface area (Å²) in [5.41, 5.74) is 8.20. The van der Waals surface area contributed by atoms with Gasteiger partial charge in [-0.3, -0.25) is 0 Å². The smallest absolute Gasteiger partial charge is 0.105 e. The van der Waals surface area contributed by atoms with Crippen LogP contribution < -0.4 is 5.73 Å². The highest BCUT2D eigenvalue weighted by Crippen LogP contribution is 2.37. The molecule has 1 fully saturated rings. The Bertz CT molecular complexity index is 523. The van der Waals surface area contributed by atoms with E-state index in [2.05, 4.69) is 23.8 Å². The van der Waals surface area contributed by atoms with Gasteiger partial charge >= 0.3 is 0 Å². The van der Waals surface area contributed by atoms with E-state index in [-0.39, 0.29) is 5.41 Å². The minimum absolute atomic E-state index is 0.0198. The predicted molar refractivity (Wildman–Crippen MR) is 71.7 cm³/mol. The molecule has 0 spiro atoms. The van der Waals surface area contributed by atoms with Gasteiger partial charge in [-0.2, -0.15) is 0 Å². The Kier molecular flexibility index (Phi) is 2.78. The summed E-state index contributed by atoms with van der Waals surface area (Å²) in [7, 11) is 0. The second kappa shape index (κ2) is 4.17. The molecule has 5 heteroatoms. The Morgan fingerprint density at radius 1 is 1.47 bits per heavy atom. The van der Waals surface area contributed by atoms with Crippen molar-refractivity contribution in [1.82, 2.24) is 4.98 Å². The fraction of sp³-hybridized carbons (Fsp3) is 0.417. The molecule has 0 radical (unpaired) electrons. The standard InChI is InChI=1S/C12H14N2OS2/c1-8-2-3-16-10(8)9-4-17-11(14-9)12(5-13)6-15-7-12/h2-4H,5-7,13H2,1H3. The summed E-state index contributed by atoms with van der Waals surface area (Å²) in [6.45, 7) is 4.15. The van der Waals surface area contributed by atoms with Crippen molar-refractivity contribution in [1.29, 1.82) is 0 Å². The van der Waals surface area contributed by atoms with Crippen LogP contribution in [0.25, 0.3) is 10.6 Å². The molecule has 90 valence electrons. The van der Waals surface area contributed by atoms with Crippen LogP contribution in [0.3, 0.4) is 0 Å². The molecule has 1 aliphatic rings. The molecular weight excluding hydrogens is 252 g/mol. The van der Waals surface area contributed by atoms with Crippen LogP contribution >= 0.6 is 22.7 Å². The van der Waals surface area contributed by atoms with Crippen LogP contribution in [0, 0.1) is 6.92 Å². The Labute approximate surface area is 108 Å². The molecule has 0 saturated carbocycles. The topological polar surface area (TPSA) is 48.1 Å². The number of nitrogens with two attached hydrogens (primary N) is 1. The lowest BCUT2D eigenvalue weighted by molar-refractivity contribution is -0.0550. The molecule has 0 aromatic carbocycles. The van der Waals surface area contributed by atoms with Gasteiger partial charge in [0.1, 0.15) is 5.01 Å². The molecule has 2 N–H and O–H groups in total. The van der Waals surface area contributed by atoms with Crippen molar-refractivity contribution in [2.75, 3.05) is 19.8 Å². The van der Waals surface area contributed by atoms with Crippen LogP contribution in [0.2, 0.25) is 0 Å². The van der Waals surface area contributed by atoms with E-state index in [1.807, 2.05) is 0 Å². The highest BCUT2D eigenvalue weighted by Gasteiger charge is 2.41. The van der Waals surface area contributed by atoms with Crippen molar-refractivity contribution in [3.05, 3.63) is 27.4 Å². The van der Waals surface area contributed by atoms with Gasteiger partial charge in [0, 0.05) is 11.9 Å². The number of aromatic nitrogens is 1. The maximum absolute atomic E-state index is 5.85. The van der Waals surface area contributed by atoms with E-state index >= 15 is 0 Å². The molecule has 1 aliphatic heterocycles. The van der Waals surface area contributed by atoms with Gasteiger partial charge in [0.05, 0.1) is 29.2 Å². The van der Waals surface area contributed by atoms with Crippen LogP contribution in [0.5, 0.6) is 0 Å². The van der Waals surface area contributed by atoms with Gasteiger partial charge in [-0.1, -0.05) is 0 Å². The molecule has 3 heterocycles. The van der Waals surface area contributed by atoms with E-state index in [4.69, 9.17) is 15.5 Å². The van der Waals surface area contributed by atoms with Crippen LogP contribution in [-0.2, 0) is 10.2 Å². The van der Waals surface area contributed by atoms with Crippen LogP contribution in [0.15, 0.2) is 16.8 Å². The molecule has 2 aromatic rings. The minimum Gasteiger partial charge on any atom is -0.379 e. The molecule has 3 rings (SSSR count). The highest BCUT2D eigenvalue weighted by atomic mass is 32.1.